The molecule has 1 aliphatic rings. The number of nitrogens with zero attached hydrogens (tertiary/aromatic N) is 4. The number of aryl methyl sites for hydroxylation is 1. The molecule has 3 rings (SSSR count). The third-order valence-corrected chi connectivity index (χ3v) is 5.01. The van der Waals surface area contributed by atoms with Crippen molar-refractivity contribution in [1.82, 2.24) is 25.4 Å². The van der Waals surface area contributed by atoms with E-state index in [1.54, 1.807) is 13.4 Å². The molecule has 0 amide bonds. The number of aromatic nitrogens is 3. The minimum atomic E-state index is 0. The van der Waals surface area contributed by atoms with Crippen LogP contribution >= 0.6 is 24.0 Å². The van der Waals surface area contributed by atoms with E-state index in [1.165, 1.54) is 5.56 Å². The van der Waals surface area contributed by atoms with Crippen LogP contribution in [0.4, 0.5) is 0 Å². The molecule has 0 aliphatic carbocycles. The van der Waals surface area contributed by atoms with Crippen molar-refractivity contribution in [2.24, 2.45) is 4.99 Å². The van der Waals surface area contributed by atoms with Gasteiger partial charge in [-0.05, 0) is 43.4 Å². The quantitative estimate of drug-likeness (QED) is 0.349. The largest absolute Gasteiger partial charge is 0.497 e. The van der Waals surface area contributed by atoms with Crippen LogP contribution < -0.4 is 15.4 Å². The summed E-state index contributed by atoms with van der Waals surface area (Å²) in [6.45, 7) is 6.80. The van der Waals surface area contributed by atoms with Crippen LogP contribution in [0.15, 0.2) is 35.6 Å². The van der Waals surface area contributed by atoms with E-state index in [2.05, 4.69) is 46.7 Å². The molecule has 2 aromatic rings. The number of methoxy groups -OCH3 is 1. The molecular formula is C20H31IN6O. The second-order valence-electron chi connectivity index (χ2n) is 6.96. The topological polar surface area (TPSA) is 76.4 Å². The van der Waals surface area contributed by atoms with Crippen molar-refractivity contribution in [3.8, 4) is 5.75 Å². The monoisotopic (exact) mass is 498 g/mol. The molecule has 0 saturated heterocycles. The SMILES string of the molecule is CCNC(=NCCC(C)c1ccc(OC)cc1)NC1CCc2ncnn2C1.I. The Morgan fingerprint density at radius 1 is 1.36 bits per heavy atom. The Morgan fingerprint density at radius 3 is 2.86 bits per heavy atom. The van der Waals surface area contributed by atoms with Crippen molar-refractivity contribution in [3.63, 3.8) is 0 Å². The van der Waals surface area contributed by atoms with Crippen LogP contribution in [0, 0.1) is 0 Å². The number of benzene rings is 1. The third-order valence-electron chi connectivity index (χ3n) is 5.01. The molecule has 1 aromatic heterocycles. The highest BCUT2D eigenvalue weighted by atomic mass is 127. The molecule has 0 bridgehead atoms. The van der Waals surface area contributed by atoms with Crippen LogP contribution in [0.1, 0.15) is 44.0 Å². The van der Waals surface area contributed by atoms with Gasteiger partial charge in [0.1, 0.15) is 17.9 Å². The molecule has 0 saturated carbocycles. The molecule has 1 aliphatic heterocycles. The van der Waals surface area contributed by atoms with E-state index in [0.717, 1.165) is 56.4 Å². The standard InChI is InChI=1S/C20H30N6O.HI/c1-4-21-20(25-17-7-10-19-23-14-24-26(19)13-17)22-12-11-15(2)16-5-8-18(27-3)9-6-16;/h5-6,8-9,14-15,17H,4,7,10-13H2,1-3H3,(H2,21,22,25);1H. The fourth-order valence-electron chi connectivity index (χ4n) is 3.34. The van der Waals surface area contributed by atoms with E-state index in [4.69, 9.17) is 9.73 Å². The zero-order valence-corrected chi connectivity index (χ0v) is 19.2. The molecule has 0 radical (unpaired) electrons. The Morgan fingerprint density at radius 2 is 2.14 bits per heavy atom. The molecule has 28 heavy (non-hydrogen) atoms. The van der Waals surface area contributed by atoms with Gasteiger partial charge in [0.05, 0.1) is 13.7 Å². The van der Waals surface area contributed by atoms with Gasteiger partial charge < -0.3 is 15.4 Å². The summed E-state index contributed by atoms with van der Waals surface area (Å²) in [6.07, 6.45) is 4.63. The zero-order chi connectivity index (χ0) is 19.1. The van der Waals surface area contributed by atoms with Crippen LogP contribution in [0.2, 0.25) is 0 Å². The van der Waals surface area contributed by atoms with Crippen LogP contribution in [0.25, 0.3) is 0 Å². The maximum atomic E-state index is 5.23. The minimum Gasteiger partial charge on any atom is -0.497 e. The van der Waals surface area contributed by atoms with E-state index in [1.807, 2.05) is 16.8 Å². The first-order chi connectivity index (χ1) is 13.2. The number of rotatable bonds is 7. The molecule has 154 valence electrons. The molecule has 0 fully saturated rings. The maximum Gasteiger partial charge on any atom is 0.191 e. The van der Waals surface area contributed by atoms with Crippen molar-refractivity contribution < 1.29 is 4.74 Å². The number of halogens is 1. The Hall–Kier alpha value is -1.84. The van der Waals surface area contributed by atoms with Crippen molar-refractivity contribution in [2.75, 3.05) is 20.2 Å². The smallest absolute Gasteiger partial charge is 0.191 e. The van der Waals surface area contributed by atoms with Gasteiger partial charge in [-0.25, -0.2) is 9.67 Å². The van der Waals surface area contributed by atoms with Crippen LogP contribution in [-0.2, 0) is 13.0 Å². The fourth-order valence-corrected chi connectivity index (χ4v) is 3.34. The van der Waals surface area contributed by atoms with Gasteiger partial charge in [-0.2, -0.15) is 5.10 Å². The van der Waals surface area contributed by atoms with Gasteiger partial charge in [0, 0.05) is 25.6 Å². The van der Waals surface area contributed by atoms with Gasteiger partial charge in [-0.1, -0.05) is 19.1 Å². The van der Waals surface area contributed by atoms with Gasteiger partial charge >= 0.3 is 0 Å². The van der Waals surface area contributed by atoms with E-state index in [9.17, 15) is 0 Å². The summed E-state index contributed by atoms with van der Waals surface area (Å²) in [5.74, 6) is 3.30. The highest BCUT2D eigenvalue weighted by Gasteiger charge is 2.20. The third kappa shape index (κ3) is 6.08. The van der Waals surface area contributed by atoms with Gasteiger partial charge in [0.2, 0.25) is 0 Å². The van der Waals surface area contributed by atoms with Gasteiger partial charge in [0.25, 0.3) is 0 Å². The van der Waals surface area contributed by atoms with Gasteiger partial charge in [0.15, 0.2) is 5.96 Å². The lowest BCUT2D eigenvalue weighted by Gasteiger charge is -2.25. The highest BCUT2D eigenvalue weighted by Crippen LogP contribution is 2.21. The predicted molar refractivity (Wildman–Crippen MR) is 123 cm³/mol. The summed E-state index contributed by atoms with van der Waals surface area (Å²) in [6, 6.07) is 8.63. The van der Waals surface area contributed by atoms with E-state index >= 15 is 0 Å². The highest BCUT2D eigenvalue weighted by molar-refractivity contribution is 14.0. The number of hydrogen-bond donors (Lipinski definition) is 2. The van der Waals surface area contributed by atoms with Crippen molar-refractivity contribution >= 4 is 29.9 Å². The normalized spacial score (nSPS) is 17.2. The molecule has 2 N–H and O–H groups in total. The van der Waals surface area contributed by atoms with Gasteiger partial charge in [-0.15, -0.1) is 24.0 Å². The summed E-state index contributed by atoms with van der Waals surface area (Å²) >= 11 is 0. The number of hydrogen-bond acceptors (Lipinski definition) is 4. The lowest BCUT2D eigenvalue weighted by atomic mass is 9.98. The molecule has 0 spiro atoms. The molecule has 1 aromatic carbocycles. The first-order valence-corrected chi connectivity index (χ1v) is 9.75. The second kappa shape index (κ2) is 11.2. The predicted octanol–water partition coefficient (Wildman–Crippen LogP) is 2.97. The Labute approximate surface area is 184 Å². The first-order valence-electron chi connectivity index (χ1n) is 9.75. The Balaban J connectivity index is 0.00000280. The number of guanidine groups is 1. The van der Waals surface area contributed by atoms with Gasteiger partial charge in [-0.3, -0.25) is 4.99 Å². The van der Waals surface area contributed by atoms with E-state index < -0.39 is 0 Å². The van der Waals surface area contributed by atoms with Crippen molar-refractivity contribution in [2.45, 2.75) is 51.6 Å². The van der Waals surface area contributed by atoms with E-state index in [0.29, 0.717) is 12.0 Å². The lowest BCUT2D eigenvalue weighted by molar-refractivity contribution is 0.392. The molecular weight excluding hydrogens is 467 g/mol. The lowest BCUT2D eigenvalue weighted by Crippen LogP contribution is -2.47. The number of aliphatic imine (C=N–C) groups is 1. The van der Waals surface area contributed by atoms with E-state index in [-0.39, 0.29) is 24.0 Å². The summed E-state index contributed by atoms with van der Waals surface area (Å²) in [4.78, 5) is 9.06. The summed E-state index contributed by atoms with van der Waals surface area (Å²) in [7, 11) is 1.69. The average Bonchev–Trinajstić information content (AvgIpc) is 3.16. The van der Waals surface area contributed by atoms with Crippen LogP contribution in [-0.4, -0.2) is 47.0 Å². The minimum absolute atomic E-state index is 0. The Kier molecular flexibility index (Phi) is 9.01. The zero-order valence-electron chi connectivity index (χ0n) is 16.9. The summed E-state index contributed by atoms with van der Waals surface area (Å²) in [5, 5.41) is 11.2. The summed E-state index contributed by atoms with van der Waals surface area (Å²) < 4.78 is 7.21. The molecule has 2 atom stereocenters. The van der Waals surface area contributed by atoms with Crippen LogP contribution in [0.5, 0.6) is 5.75 Å². The molecule has 8 heteroatoms. The average molecular weight is 498 g/mol. The molecule has 2 unspecified atom stereocenters. The number of ether oxygens (including phenoxy) is 1. The maximum absolute atomic E-state index is 5.23. The second-order valence-corrected chi connectivity index (χ2v) is 6.96. The summed E-state index contributed by atoms with van der Waals surface area (Å²) in [5.41, 5.74) is 1.31. The van der Waals surface area contributed by atoms with Crippen molar-refractivity contribution in [1.29, 1.82) is 0 Å². The molecule has 2 heterocycles. The van der Waals surface area contributed by atoms with Crippen LogP contribution in [0.3, 0.4) is 0 Å². The number of nitrogens with one attached hydrogen (secondary N) is 2. The first kappa shape index (κ1) is 22.4. The van der Waals surface area contributed by atoms with Crippen molar-refractivity contribution in [3.05, 3.63) is 42.0 Å². The fraction of sp³-hybridized carbons (Fsp3) is 0.550. The number of fused-ring (bicyclic) bond motifs is 1. The Bertz CT molecular complexity index is 745. The molecule has 7 nitrogen and oxygen atoms in total.